The van der Waals surface area contributed by atoms with Gasteiger partial charge in [0, 0.05) is 6.54 Å². The molecule has 62 valence electrons. The summed E-state index contributed by atoms with van der Waals surface area (Å²) in [4.78, 5) is 0. The van der Waals surface area contributed by atoms with Crippen LogP contribution in [0.25, 0.3) is 0 Å². The van der Waals surface area contributed by atoms with Gasteiger partial charge >= 0.3 is 0 Å². The summed E-state index contributed by atoms with van der Waals surface area (Å²) in [5, 5.41) is 8.33. The molecule has 0 saturated heterocycles. The normalized spacial score (nSPS) is 13.5. The Bertz CT molecular complexity index is 66.3. The minimum atomic E-state index is 0.735. The van der Waals surface area contributed by atoms with Gasteiger partial charge in [-0.1, -0.05) is 33.1 Å². The van der Waals surface area contributed by atoms with E-state index in [1.165, 1.54) is 19.3 Å². The van der Waals surface area contributed by atoms with Crippen LogP contribution in [0, 0.1) is 5.92 Å². The van der Waals surface area contributed by atoms with E-state index in [1.54, 1.807) is 0 Å². The molecule has 0 aliphatic heterocycles. The molecule has 0 amide bonds. The number of nitrogens with one attached hydrogen (secondary N) is 1. The van der Waals surface area contributed by atoms with E-state index in [2.05, 4.69) is 19.3 Å². The molecule has 1 atom stereocenters. The second-order valence-corrected chi connectivity index (χ2v) is 2.76. The fourth-order valence-corrected chi connectivity index (χ4v) is 1.23. The molecule has 2 nitrogen and oxygen atoms in total. The van der Waals surface area contributed by atoms with Gasteiger partial charge in [0.1, 0.15) is 0 Å². The zero-order valence-corrected chi connectivity index (χ0v) is 7.06. The Morgan fingerprint density at radius 1 is 1.30 bits per heavy atom. The number of rotatable bonds is 6. The summed E-state index contributed by atoms with van der Waals surface area (Å²) in [7, 11) is 0. The highest BCUT2D eigenvalue weighted by molar-refractivity contribution is 4.56. The third kappa shape index (κ3) is 4.77. The third-order valence-electron chi connectivity index (χ3n) is 1.94. The summed E-state index contributed by atoms with van der Waals surface area (Å²) in [5.41, 5.74) is 2.19. The number of hydrogen-bond donors (Lipinski definition) is 2. The van der Waals surface area contributed by atoms with Crippen molar-refractivity contribution in [1.82, 2.24) is 5.48 Å². The standard InChI is InChI=1S/C8H19NO/c1-3-5-8(4-2)6-7-9-10/h8-10H,3-7H2,1-2H3. The van der Waals surface area contributed by atoms with Gasteiger partial charge in [-0.25, -0.2) is 5.48 Å². The van der Waals surface area contributed by atoms with Crippen molar-refractivity contribution in [2.45, 2.75) is 39.5 Å². The molecular formula is C8H19NO. The molecule has 0 aliphatic rings. The van der Waals surface area contributed by atoms with Crippen molar-refractivity contribution >= 4 is 0 Å². The number of hydroxylamine groups is 1. The lowest BCUT2D eigenvalue weighted by atomic mass is 9.97. The maximum atomic E-state index is 8.33. The fraction of sp³-hybridized carbons (Fsp3) is 1.00. The predicted molar refractivity (Wildman–Crippen MR) is 43.1 cm³/mol. The summed E-state index contributed by atoms with van der Waals surface area (Å²) in [6, 6.07) is 0. The molecule has 0 spiro atoms. The van der Waals surface area contributed by atoms with Crippen LogP contribution in [0.15, 0.2) is 0 Å². The predicted octanol–water partition coefficient (Wildman–Crippen LogP) is 2.18. The first-order valence-corrected chi connectivity index (χ1v) is 4.22. The zero-order valence-electron chi connectivity index (χ0n) is 7.06. The molecule has 0 rings (SSSR count). The van der Waals surface area contributed by atoms with Gasteiger partial charge in [-0.15, -0.1) is 0 Å². The monoisotopic (exact) mass is 145 g/mol. The molecule has 0 fully saturated rings. The zero-order chi connectivity index (χ0) is 7.82. The molecule has 10 heavy (non-hydrogen) atoms. The molecule has 0 aromatic carbocycles. The fourth-order valence-electron chi connectivity index (χ4n) is 1.23. The van der Waals surface area contributed by atoms with E-state index in [1.807, 2.05) is 0 Å². The van der Waals surface area contributed by atoms with E-state index in [0.29, 0.717) is 0 Å². The Morgan fingerprint density at radius 2 is 2.00 bits per heavy atom. The topological polar surface area (TPSA) is 32.3 Å². The summed E-state index contributed by atoms with van der Waals surface area (Å²) < 4.78 is 0. The lowest BCUT2D eigenvalue weighted by Crippen LogP contribution is -2.13. The van der Waals surface area contributed by atoms with Gasteiger partial charge in [0.2, 0.25) is 0 Å². The molecule has 0 aromatic rings. The van der Waals surface area contributed by atoms with Crippen LogP contribution in [0.5, 0.6) is 0 Å². The average molecular weight is 145 g/mol. The maximum Gasteiger partial charge on any atom is 0.0210 e. The highest BCUT2D eigenvalue weighted by Gasteiger charge is 2.02. The molecular weight excluding hydrogens is 126 g/mol. The van der Waals surface area contributed by atoms with Crippen LogP contribution in [0.1, 0.15) is 39.5 Å². The van der Waals surface area contributed by atoms with Crippen molar-refractivity contribution in [2.24, 2.45) is 5.92 Å². The Labute approximate surface area is 63.6 Å². The number of hydrogen-bond acceptors (Lipinski definition) is 2. The molecule has 0 bridgehead atoms. The van der Waals surface area contributed by atoms with Crippen LogP contribution in [-0.2, 0) is 0 Å². The van der Waals surface area contributed by atoms with Gasteiger partial charge < -0.3 is 5.21 Å². The van der Waals surface area contributed by atoms with Gasteiger partial charge in [-0.2, -0.15) is 0 Å². The smallest absolute Gasteiger partial charge is 0.0210 e. The summed E-state index contributed by atoms with van der Waals surface area (Å²) in [6.45, 7) is 5.14. The quantitative estimate of drug-likeness (QED) is 0.561. The van der Waals surface area contributed by atoms with Crippen molar-refractivity contribution in [3.63, 3.8) is 0 Å². The Hall–Kier alpha value is -0.0800. The Kier molecular flexibility index (Phi) is 6.98. The highest BCUT2D eigenvalue weighted by atomic mass is 16.5. The second-order valence-electron chi connectivity index (χ2n) is 2.76. The largest absolute Gasteiger partial charge is 0.317 e. The van der Waals surface area contributed by atoms with E-state index < -0.39 is 0 Å². The first kappa shape index (κ1) is 9.92. The molecule has 0 aliphatic carbocycles. The van der Waals surface area contributed by atoms with E-state index in [9.17, 15) is 0 Å². The molecule has 1 unspecified atom stereocenters. The van der Waals surface area contributed by atoms with E-state index in [-0.39, 0.29) is 0 Å². The van der Waals surface area contributed by atoms with Crippen molar-refractivity contribution in [3.8, 4) is 0 Å². The van der Waals surface area contributed by atoms with Gasteiger partial charge in [0.15, 0.2) is 0 Å². The van der Waals surface area contributed by atoms with Crippen molar-refractivity contribution < 1.29 is 5.21 Å². The van der Waals surface area contributed by atoms with E-state index in [4.69, 9.17) is 5.21 Å². The second kappa shape index (κ2) is 7.03. The molecule has 0 aromatic heterocycles. The SMILES string of the molecule is CCCC(CC)CCNO. The van der Waals surface area contributed by atoms with Crippen LogP contribution in [0.4, 0.5) is 0 Å². The van der Waals surface area contributed by atoms with Gasteiger partial charge in [-0.05, 0) is 12.3 Å². The highest BCUT2D eigenvalue weighted by Crippen LogP contribution is 2.13. The summed E-state index contributed by atoms with van der Waals surface area (Å²) in [6.07, 6.45) is 4.87. The van der Waals surface area contributed by atoms with Gasteiger partial charge in [0.05, 0.1) is 0 Å². The minimum Gasteiger partial charge on any atom is -0.317 e. The molecule has 2 heteroatoms. The van der Waals surface area contributed by atoms with Crippen LogP contribution < -0.4 is 5.48 Å². The minimum absolute atomic E-state index is 0.735. The van der Waals surface area contributed by atoms with Crippen molar-refractivity contribution in [2.75, 3.05) is 6.54 Å². The van der Waals surface area contributed by atoms with Gasteiger partial charge in [0.25, 0.3) is 0 Å². The van der Waals surface area contributed by atoms with Crippen LogP contribution in [0.3, 0.4) is 0 Å². The van der Waals surface area contributed by atoms with Crippen molar-refractivity contribution in [3.05, 3.63) is 0 Å². The first-order chi connectivity index (χ1) is 4.85. The average Bonchev–Trinajstić information content (AvgIpc) is 1.98. The maximum absolute atomic E-state index is 8.33. The first-order valence-electron chi connectivity index (χ1n) is 4.22. The lowest BCUT2D eigenvalue weighted by molar-refractivity contribution is 0.157. The van der Waals surface area contributed by atoms with Gasteiger partial charge in [-0.3, -0.25) is 0 Å². The molecule has 0 radical (unpaired) electrons. The summed E-state index contributed by atoms with van der Waals surface area (Å²) >= 11 is 0. The Balaban J connectivity index is 3.21. The molecule has 2 N–H and O–H groups in total. The molecule has 0 heterocycles. The van der Waals surface area contributed by atoms with E-state index >= 15 is 0 Å². The van der Waals surface area contributed by atoms with Crippen LogP contribution in [0.2, 0.25) is 0 Å². The van der Waals surface area contributed by atoms with E-state index in [0.717, 1.165) is 18.9 Å². The van der Waals surface area contributed by atoms with Crippen molar-refractivity contribution in [1.29, 1.82) is 0 Å². The molecule has 0 saturated carbocycles. The van der Waals surface area contributed by atoms with Crippen LogP contribution >= 0.6 is 0 Å². The third-order valence-corrected chi connectivity index (χ3v) is 1.94. The van der Waals surface area contributed by atoms with Crippen LogP contribution in [-0.4, -0.2) is 11.8 Å². The Morgan fingerprint density at radius 3 is 2.40 bits per heavy atom. The summed E-state index contributed by atoms with van der Waals surface area (Å²) in [5.74, 6) is 0.796. The lowest BCUT2D eigenvalue weighted by Gasteiger charge is -2.11.